The van der Waals surface area contributed by atoms with Crippen molar-refractivity contribution in [2.45, 2.75) is 0 Å². The van der Waals surface area contributed by atoms with E-state index >= 15 is 0 Å². The predicted octanol–water partition coefficient (Wildman–Crippen LogP) is 5.55. The van der Waals surface area contributed by atoms with Crippen molar-refractivity contribution in [3.05, 3.63) is 95.9 Å². The minimum absolute atomic E-state index is 0.126. The lowest BCUT2D eigenvalue weighted by molar-refractivity contribution is -0.384. The minimum Gasteiger partial charge on any atom is -0.482 e. The summed E-state index contributed by atoms with van der Waals surface area (Å²) in [5.74, 6) is -0.648. The maximum Gasteiger partial charge on any atom is 0.271 e. The van der Waals surface area contributed by atoms with E-state index in [1.165, 1.54) is 30.5 Å². The molecule has 12 heteroatoms. The number of ether oxygens (including phenoxy) is 1. The quantitative estimate of drug-likeness (QED) is 0.197. The number of nitrogens with one attached hydrogen (secondary N) is 2. The van der Waals surface area contributed by atoms with Crippen LogP contribution in [0.3, 0.4) is 0 Å². The third kappa shape index (κ3) is 6.86. The fourth-order valence-electron chi connectivity index (χ4n) is 2.67. The molecule has 0 spiro atoms. The number of carbonyl (C=O) groups excluding carboxylic acids is 2. The average molecular weight is 611 g/mol. The summed E-state index contributed by atoms with van der Waals surface area (Å²) >= 11 is 12.8. The zero-order valence-corrected chi connectivity index (χ0v) is 21.1. The summed E-state index contributed by atoms with van der Waals surface area (Å²) in [4.78, 5) is 34.7. The zero-order chi connectivity index (χ0) is 24.7. The van der Waals surface area contributed by atoms with Crippen molar-refractivity contribution in [2.75, 3.05) is 11.9 Å². The fourth-order valence-corrected chi connectivity index (χ4v) is 4.23. The molecule has 0 aliphatic heterocycles. The molecule has 174 valence electrons. The number of nitro benzene ring substituents is 1. The molecule has 0 radical (unpaired) electrons. The van der Waals surface area contributed by atoms with E-state index in [2.05, 4.69) is 47.7 Å². The van der Waals surface area contributed by atoms with Gasteiger partial charge in [-0.05, 0) is 52.3 Å². The Morgan fingerprint density at radius 2 is 1.82 bits per heavy atom. The van der Waals surface area contributed by atoms with Gasteiger partial charge in [-0.2, -0.15) is 5.10 Å². The van der Waals surface area contributed by atoms with E-state index in [4.69, 9.17) is 16.3 Å². The number of para-hydroxylation sites is 1. The highest BCUT2D eigenvalue weighted by Crippen LogP contribution is 2.32. The minimum atomic E-state index is -0.554. The number of hydrogen-bond donors (Lipinski definition) is 2. The molecule has 0 saturated carbocycles. The Bertz CT molecular complexity index is 1270. The van der Waals surface area contributed by atoms with E-state index in [0.29, 0.717) is 31.0 Å². The highest BCUT2D eigenvalue weighted by Gasteiger charge is 2.13. The summed E-state index contributed by atoms with van der Waals surface area (Å²) in [7, 11) is 0. The van der Waals surface area contributed by atoms with Crippen LogP contribution >= 0.6 is 43.5 Å². The van der Waals surface area contributed by atoms with Gasteiger partial charge >= 0.3 is 0 Å². The number of hydrazone groups is 1. The number of amides is 2. The van der Waals surface area contributed by atoms with Crippen molar-refractivity contribution in [2.24, 2.45) is 5.10 Å². The van der Waals surface area contributed by atoms with Gasteiger partial charge in [0.15, 0.2) is 6.61 Å². The second-order valence-electron chi connectivity index (χ2n) is 6.63. The Morgan fingerprint density at radius 1 is 1.12 bits per heavy atom. The first-order valence-electron chi connectivity index (χ1n) is 9.48. The molecule has 0 bridgehead atoms. The molecule has 2 amide bonds. The van der Waals surface area contributed by atoms with Crippen molar-refractivity contribution in [3.63, 3.8) is 0 Å². The van der Waals surface area contributed by atoms with Gasteiger partial charge in [0.2, 0.25) is 0 Å². The Kier molecular flexibility index (Phi) is 8.74. The number of carbonyl (C=O) groups is 2. The lowest BCUT2D eigenvalue weighted by atomic mass is 10.2. The summed E-state index contributed by atoms with van der Waals surface area (Å²) in [5, 5.41) is 17.7. The van der Waals surface area contributed by atoms with Crippen LogP contribution < -0.4 is 15.5 Å². The van der Waals surface area contributed by atoms with Crippen LogP contribution in [-0.2, 0) is 4.79 Å². The normalized spacial score (nSPS) is 10.7. The number of benzene rings is 3. The zero-order valence-electron chi connectivity index (χ0n) is 17.1. The van der Waals surface area contributed by atoms with Crippen molar-refractivity contribution in [3.8, 4) is 5.75 Å². The van der Waals surface area contributed by atoms with Crippen LogP contribution in [0.5, 0.6) is 5.75 Å². The largest absolute Gasteiger partial charge is 0.482 e. The van der Waals surface area contributed by atoms with Gasteiger partial charge in [-0.1, -0.05) is 39.7 Å². The van der Waals surface area contributed by atoms with Gasteiger partial charge < -0.3 is 10.1 Å². The highest BCUT2D eigenvalue weighted by atomic mass is 79.9. The van der Waals surface area contributed by atoms with E-state index in [1.54, 1.807) is 36.4 Å². The van der Waals surface area contributed by atoms with E-state index in [0.717, 1.165) is 0 Å². The lowest BCUT2D eigenvalue weighted by Crippen LogP contribution is -2.21. The molecule has 34 heavy (non-hydrogen) atoms. The van der Waals surface area contributed by atoms with Crippen molar-refractivity contribution < 1.29 is 19.2 Å². The molecule has 3 aromatic rings. The molecule has 9 nitrogen and oxygen atoms in total. The second kappa shape index (κ2) is 11.7. The number of non-ortho nitro benzene ring substituents is 1. The fraction of sp³-hybridized carbons (Fsp3) is 0.0455. The molecule has 0 unspecified atom stereocenters. The first-order chi connectivity index (χ1) is 16.2. The molecular formula is C22H15Br2ClN4O5. The standard InChI is InChI=1S/C22H15Br2ClN4O5/c23-15-9-14(11-26-28-22(31)13-5-7-16(8-6-13)29(32)33)21(17(24)10-15)34-12-20(30)27-19-4-2-1-3-18(19)25/h1-11H,12H2,(H,27,30)(H,28,31)/b26-11+. The molecule has 0 aromatic heterocycles. The van der Waals surface area contributed by atoms with Crippen LogP contribution in [0, 0.1) is 10.1 Å². The van der Waals surface area contributed by atoms with Gasteiger partial charge in [-0.3, -0.25) is 19.7 Å². The number of anilines is 1. The highest BCUT2D eigenvalue weighted by molar-refractivity contribution is 9.11. The first-order valence-corrected chi connectivity index (χ1v) is 11.4. The van der Waals surface area contributed by atoms with E-state index in [-0.39, 0.29) is 17.9 Å². The molecule has 0 saturated heterocycles. The lowest BCUT2D eigenvalue weighted by Gasteiger charge is -2.12. The second-order valence-corrected chi connectivity index (χ2v) is 8.80. The summed E-state index contributed by atoms with van der Waals surface area (Å²) < 4.78 is 6.94. The molecule has 2 N–H and O–H groups in total. The van der Waals surface area contributed by atoms with Gasteiger partial charge in [0.1, 0.15) is 5.75 Å². The molecule has 0 aliphatic rings. The van der Waals surface area contributed by atoms with Crippen LogP contribution in [0.4, 0.5) is 11.4 Å². The summed E-state index contributed by atoms with van der Waals surface area (Å²) in [6.07, 6.45) is 1.35. The van der Waals surface area contributed by atoms with Crippen molar-refractivity contribution in [1.29, 1.82) is 0 Å². The molecule has 0 heterocycles. The molecular weight excluding hydrogens is 596 g/mol. The smallest absolute Gasteiger partial charge is 0.271 e. The topological polar surface area (TPSA) is 123 Å². The molecule has 0 aliphatic carbocycles. The van der Waals surface area contributed by atoms with Gasteiger partial charge in [0.25, 0.3) is 17.5 Å². The summed E-state index contributed by atoms with van der Waals surface area (Å²) in [6.45, 7) is -0.304. The van der Waals surface area contributed by atoms with Gasteiger partial charge in [-0.15, -0.1) is 0 Å². The maximum absolute atomic E-state index is 12.3. The number of nitro groups is 1. The van der Waals surface area contributed by atoms with Crippen LogP contribution in [-0.4, -0.2) is 29.6 Å². The average Bonchev–Trinajstić information content (AvgIpc) is 2.80. The SMILES string of the molecule is O=C(COc1c(Br)cc(Br)cc1/C=N/NC(=O)c1ccc([N+](=O)[O-])cc1)Nc1ccccc1Cl. The molecule has 0 fully saturated rings. The Labute approximate surface area is 215 Å². The Balaban J connectivity index is 1.68. The number of rotatable bonds is 8. The van der Waals surface area contributed by atoms with Gasteiger partial charge in [0, 0.05) is 27.7 Å². The summed E-state index contributed by atoms with van der Waals surface area (Å²) in [5.41, 5.74) is 3.35. The number of hydrogen-bond acceptors (Lipinski definition) is 6. The third-order valence-electron chi connectivity index (χ3n) is 4.24. The van der Waals surface area contributed by atoms with E-state index in [9.17, 15) is 19.7 Å². The van der Waals surface area contributed by atoms with Crippen LogP contribution in [0.25, 0.3) is 0 Å². The monoisotopic (exact) mass is 608 g/mol. The van der Waals surface area contributed by atoms with Gasteiger partial charge in [0.05, 0.1) is 26.3 Å². The molecule has 3 rings (SSSR count). The van der Waals surface area contributed by atoms with Crippen molar-refractivity contribution >= 4 is 72.9 Å². The maximum atomic E-state index is 12.3. The van der Waals surface area contributed by atoms with Crippen molar-refractivity contribution in [1.82, 2.24) is 5.43 Å². The number of halogens is 3. The summed E-state index contributed by atoms with van der Waals surface area (Å²) in [6, 6.07) is 15.3. The first kappa shape index (κ1) is 25.3. The van der Waals surface area contributed by atoms with E-state index in [1.807, 2.05) is 0 Å². The van der Waals surface area contributed by atoms with Gasteiger partial charge in [-0.25, -0.2) is 5.43 Å². The predicted molar refractivity (Wildman–Crippen MR) is 136 cm³/mol. The number of nitrogens with zero attached hydrogens (tertiary/aromatic N) is 2. The molecule has 0 atom stereocenters. The Hall–Kier alpha value is -3.28. The third-order valence-corrected chi connectivity index (χ3v) is 5.62. The molecule has 3 aromatic carbocycles. The van der Waals surface area contributed by atoms with E-state index < -0.39 is 16.7 Å². The Morgan fingerprint density at radius 3 is 2.50 bits per heavy atom. The van der Waals surface area contributed by atoms with Crippen LogP contribution in [0.15, 0.2) is 74.7 Å². The van der Waals surface area contributed by atoms with Crippen LogP contribution in [0.2, 0.25) is 5.02 Å². The van der Waals surface area contributed by atoms with Crippen LogP contribution in [0.1, 0.15) is 15.9 Å².